The Bertz CT molecular complexity index is 1120. The number of benzene rings is 2. The van der Waals surface area contributed by atoms with Crippen LogP contribution < -0.4 is 5.43 Å². The molecule has 0 atom stereocenters. The SMILES string of the molecule is CC(C)=NNC(=O)c1ncn2c1nnc1c3ccccc3ccc12. The smallest absolute Gasteiger partial charge is 0.279 e. The van der Waals surface area contributed by atoms with Crippen LogP contribution in [0, 0.1) is 0 Å². The normalized spacial score (nSPS) is 11.1. The number of carbonyl (C=O) groups is 1. The number of hydrogen-bond donors (Lipinski definition) is 1. The fraction of sp³-hybridized carbons (Fsp3) is 0.118. The molecule has 0 fully saturated rings. The first-order chi connectivity index (χ1) is 11.6. The fourth-order valence-corrected chi connectivity index (χ4v) is 2.63. The molecule has 7 nitrogen and oxygen atoms in total. The molecule has 0 aliphatic heterocycles. The van der Waals surface area contributed by atoms with Gasteiger partial charge in [-0.25, -0.2) is 10.4 Å². The summed E-state index contributed by atoms with van der Waals surface area (Å²) in [4.78, 5) is 16.4. The number of fused-ring (bicyclic) bond motifs is 5. The van der Waals surface area contributed by atoms with Crippen LogP contribution in [-0.2, 0) is 0 Å². The van der Waals surface area contributed by atoms with E-state index in [1.807, 2.05) is 36.4 Å². The largest absolute Gasteiger partial charge is 0.293 e. The maximum Gasteiger partial charge on any atom is 0.293 e. The monoisotopic (exact) mass is 318 g/mol. The third-order valence-electron chi connectivity index (χ3n) is 3.72. The first kappa shape index (κ1) is 14.3. The van der Waals surface area contributed by atoms with Crippen molar-refractivity contribution in [3.8, 4) is 0 Å². The number of aromatic nitrogens is 4. The van der Waals surface area contributed by atoms with E-state index in [0.717, 1.165) is 27.5 Å². The van der Waals surface area contributed by atoms with Crippen molar-refractivity contribution in [3.05, 3.63) is 48.4 Å². The summed E-state index contributed by atoms with van der Waals surface area (Å²) in [5, 5.41) is 14.5. The van der Waals surface area contributed by atoms with Gasteiger partial charge in [0.25, 0.3) is 5.91 Å². The standard InChI is InChI=1S/C17H14N6O/c1-10(2)19-22-17(24)15-16-21-20-14-12-6-4-3-5-11(12)7-8-13(14)23(16)9-18-15/h3-9H,1-2H3,(H,22,24). The fourth-order valence-electron chi connectivity index (χ4n) is 2.63. The number of nitrogens with one attached hydrogen (secondary N) is 1. The van der Waals surface area contributed by atoms with Crippen LogP contribution in [-0.4, -0.2) is 31.2 Å². The average Bonchev–Trinajstić information content (AvgIpc) is 3.03. The number of nitrogens with zero attached hydrogens (tertiary/aromatic N) is 5. The Kier molecular flexibility index (Phi) is 3.19. The molecule has 0 aliphatic rings. The van der Waals surface area contributed by atoms with Gasteiger partial charge in [-0.3, -0.25) is 9.20 Å². The van der Waals surface area contributed by atoms with E-state index in [4.69, 9.17) is 0 Å². The van der Waals surface area contributed by atoms with Gasteiger partial charge >= 0.3 is 0 Å². The van der Waals surface area contributed by atoms with E-state index in [1.54, 1.807) is 24.6 Å². The molecule has 0 bridgehead atoms. The molecule has 24 heavy (non-hydrogen) atoms. The zero-order chi connectivity index (χ0) is 16.7. The molecule has 0 spiro atoms. The Morgan fingerprint density at radius 3 is 2.79 bits per heavy atom. The first-order valence-corrected chi connectivity index (χ1v) is 7.47. The number of hydrazone groups is 1. The molecule has 118 valence electrons. The van der Waals surface area contributed by atoms with Crippen molar-refractivity contribution in [2.45, 2.75) is 13.8 Å². The molecule has 4 rings (SSSR count). The third kappa shape index (κ3) is 2.18. The minimum atomic E-state index is -0.409. The summed E-state index contributed by atoms with van der Waals surface area (Å²) in [7, 11) is 0. The lowest BCUT2D eigenvalue weighted by Crippen LogP contribution is -2.19. The molecule has 0 radical (unpaired) electrons. The molecule has 1 N–H and O–H groups in total. The summed E-state index contributed by atoms with van der Waals surface area (Å²) < 4.78 is 1.77. The lowest BCUT2D eigenvalue weighted by atomic mass is 10.1. The molecule has 2 aromatic carbocycles. The highest BCUT2D eigenvalue weighted by atomic mass is 16.2. The summed E-state index contributed by atoms with van der Waals surface area (Å²) in [5.74, 6) is -0.409. The molecule has 2 heterocycles. The van der Waals surface area contributed by atoms with E-state index in [9.17, 15) is 4.79 Å². The van der Waals surface area contributed by atoms with Crippen molar-refractivity contribution >= 4 is 39.1 Å². The highest BCUT2D eigenvalue weighted by Gasteiger charge is 2.17. The summed E-state index contributed by atoms with van der Waals surface area (Å²) in [6.45, 7) is 3.59. The van der Waals surface area contributed by atoms with E-state index in [0.29, 0.717) is 5.65 Å². The molecule has 7 heteroatoms. The Labute approximate surface area is 137 Å². The Hall–Kier alpha value is -3.35. The van der Waals surface area contributed by atoms with Crippen molar-refractivity contribution in [1.29, 1.82) is 0 Å². The van der Waals surface area contributed by atoms with Crippen LogP contribution in [0.4, 0.5) is 0 Å². The predicted octanol–water partition coefficient (Wildman–Crippen LogP) is 2.56. The Morgan fingerprint density at radius 1 is 1.12 bits per heavy atom. The Morgan fingerprint density at radius 2 is 1.96 bits per heavy atom. The molecule has 0 saturated carbocycles. The second-order valence-corrected chi connectivity index (χ2v) is 5.64. The highest BCUT2D eigenvalue weighted by molar-refractivity contribution is 6.05. The quantitative estimate of drug-likeness (QED) is 0.350. The van der Waals surface area contributed by atoms with Crippen molar-refractivity contribution in [2.75, 3.05) is 0 Å². The number of rotatable bonds is 2. The van der Waals surface area contributed by atoms with Crippen molar-refractivity contribution in [3.63, 3.8) is 0 Å². The van der Waals surface area contributed by atoms with Gasteiger partial charge in [0.1, 0.15) is 11.8 Å². The van der Waals surface area contributed by atoms with Crippen molar-refractivity contribution < 1.29 is 4.79 Å². The van der Waals surface area contributed by atoms with Crippen LogP contribution >= 0.6 is 0 Å². The molecule has 1 amide bonds. The number of carbonyl (C=O) groups excluding carboxylic acids is 1. The molecule has 0 aliphatic carbocycles. The third-order valence-corrected chi connectivity index (χ3v) is 3.72. The number of hydrogen-bond acceptors (Lipinski definition) is 5. The second kappa shape index (κ2) is 5.38. The number of imidazole rings is 1. The van der Waals surface area contributed by atoms with Crippen LogP contribution in [0.1, 0.15) is 24.3 Å². The van der Waals surface area contributed by atoms with Crippen molar-refractivity contribution in [1.82, 2.24) is 25.0 Å². The molecule has 0 unspecified atom stereocenters. The zero-order valence-electron chi connectivity index (χ0n) is 13.2. The van der Waals surface area contributed by atoms with E-state index in [-0.39, 0.29) is 5.69 Å². The molecule has 4 aromatic rings. The van der Waals surface area contributed by atoms with Gasteiger partial charge in [0.05, 0.1) is 5.52 Å². The minimum Gasteiger partial charge on any atom is -0.279 e. The van der Waals surface area contributed by atoms with Crippen LogP contribution in [0.5, 0.6) is 0 Å². The highest BCUT2D eigenvalue weighted by Crippen LogP contribution is 2.24. The van der Waals surface area contributed by atoms with Crippen LogP contribution in [0.3, 0.4) is 0 Å². The second-order valence-electron chi connectivity index (χ2n) is 5.64. The molecular weight excluding hydrogens is 304 g/mol. The van der Waals surface area contributed by atoms with Gasteiger partial charge in [-0.1, -0.05) is 30.3 Å². The van der Waals surface area contributed by atoms with Crippen molar-refractivity contribution in [2.24, 2.45) is 5.10 Å². The molecule has 2 aromatic heterocycles. The minimum absolute atomic E-state index is 0.197. The lowest BCUT2D eigenvalue weighted by molar-refractivity contribution is 0.0951. The first-order valence-electron chi connectivity index (χ1n) is 7.47. The van der Waals surface area contributed by atoms with Gasteiger partial charge in [-0.15, -0.1) is 10.2 Å². The summed E-state index contributed by atoms with van der Waals surface area (Å²) in [6.07, 6.45) is 1.58. The Balaban J connectivity index is 1.92. The van der Waals surface area contributed by atoms with E-state index in [2.05, 4.69) is 25.7 Å². The van der Waals surface area contributed by atoms with Crippen LogP contribution in [0.2, 0.25) is 0 Å². The zero-order valence-corrected chi connectivity index (χ0v) is 13.2. The van der Waals surface area contributed by atoms with Gasteiger partial charge in [0, 0.05) is 11.1 Å². The van der Waals surface area contributed by atoms with E-state index < -0.39 is 5.91 Å². The summed E-state index contributed by atoms with van der Waals surface area (Å²) in [5.41, 5.74) is 5.42. The topological polar surface area (TPSA) is 84.5 Å². The lowest BCUT2D eigenvalue weighted by Gasteiger charge is -2.04. The van der Waals surface area contributed by atoms with Gasteiger partial charge in [0.15, 0.2) is 11.3 Å². The van der Waals surface area contributed by atoms with Gasteiger partial charge in [-0.2, -0.15) is 5.10 Å². The van der Waals surface area contributed by atoms with Gasteiger partial charge in [0.2, 0.25) is 0 Å². The molecular formula is C17H14N6O. The van der Waals surface area contributed by atoms with E-state index >= 15 is 0 Å². The van der Waals surface area contributed by atoms with Gasteiger partial charge < -0.3 is 0 Å². The maximum atomic E-state index is 12.2. The van der Waals surface area contributed by atoms with Gasteiger partial charge in [-0.05, 0) is 25.3 Å². The van der Waals surface area contributed by atoms with Crippen LogP contribution in [0.25, 0.3) is 27.5 Å². The summed E-state index contributed by atoms with van der Waals surface area (Å²) in [6, 6.07) is 11.9. The average molecular weight is 318 g/mol. The summed E-state index contributed by atoms with van der Waals surface area (Å²) >= 11 is 0. The maximum absolute atomic E-state index is 12.2. The molecule has 0 saturated heterocycles. The van der Waals surface area contributed by atoms with E-state index in [1.165, 1.54) is 0 Å². The number of amides is 1. The van der Waals surface area contributed by atoms with Crippen LogP contribution in [0.15, 0.2) is 47.8 Å². The predicted molar refractivity (Wildman–Crippen MR) is 92.0 cm³/mol.